The third-order valence-corrected chi connectivity index (χ3v) is 3.30. The lowest BCUT2D eigenvalue weighted by atomic mass is 10.1. The molecule has 0 radical (unpaired) electrons. The first-order valence-corrected chi connectivity index (χ1v) is 6.39. The highest BCUT2D eigenvalue weighted by molar-refractivity contribution is 8.00. The van der Waals surface area contributed by atoms with Gasteiger partial charge in [0.25, 0.3) is 0 Å². The molecule has 0 N–H and O–H groups in total. The molecule has 3 heteroatoms. The molecule has 0 aliphatic rings. The molecule has 0 heterocycles. The zero-order valence-corrected chi connectivity index (χ0v) is 11.1. The van der Waals surface area contributed by atoms with E-state index in [0.717, 1.165) is 5.56 Å². The van der Waals surface area contributed by atoms with E-state index in [-0.39, 0.29) is 5.78 Å². The number of ketones is 1. The Hall–Kier alpha value is -0.960. The normalized spacial score (nSPS) is 10.6. The van der Waals surface area contributed by atoms with Gasteiger partial charge in [0.15, 0.2) is 5.78 Å². The average molecular weight is 238 g/mol. The maximum absolute atomic E-state index is 12.0. The van der Waals surface area contributed by atoms with Gasteiger partial charge in [0, 0.05) is 0 Å². The van der Waals surface area contributed by atoms with Gasteiger partial charge in [0.2, 0.25) is 0 Å². The Balaban J connectivity index is 2.84. The lowest BCUT2D eigenvalue weighted by Crippen LogP contribution is -2.07. The molecule has 0 fully saturated rings. The molecular weight excluding hydrogens is 220 g/mol. The number of carbonyl (C=O) groups excluding carboxylic acids is 1. The Bertz CT molecular complexity index is 372. The van der Waals surface area contributed by atoms with Crippen molar-refractivity contribution in [1.29, 1.82) is 0 Å². The summed E-state index contributed by atoms with van der Waals surface area (Å²) in [6, 6.07) is 5.69. The predicted octanol–water partition coefficient (Wildman–Crippen LogP) is 3.33. The van der Waals surface area contributed by atoms with Crippen LogP contribution in [0.4, 0.5) is 0 Å². The number of thioether (sulfide) groups is 1. The van der Waals surface area contributed by atoms with Crippen LogP contribution >= 0.6 is 11.8 Å². The molecule has 16 heavy (non-hydrogen) atoms. The number of Topliss-reactive ketones (excluding diaryl/α,β-unsaturated/α-hetero) is 1. The van der Waals surface area contributed by atoms with Crippen LogP contribution in [-0.4, -0.2) is 23.9 Å². The van der Waals surface area contributed by atoms with Gasteiger partial charge in [-0.1, -0.05) is 25.5 Å². The van der Waals surface area contributed by atoms with E-state index < -0.39 is 0 Å². The molecule has 1 aromatic rings. The summed E-state index contributed by atoms with van der Waals surface area (Å²) in [5, 5.41) is 0.472. The van der Waals surface area contributed by atoms with Crippen molar-refractivity contribution in [2.24, 2.45) is 0 Å². The monoisotopic (exact) mass is 238 g/mol. The molecule has 0 aliphatic carbocycles. The average Bonchev–Trinajstić information content (AvgIpc) is 2.25. The largest absolute Gasteiger partial charge is 0.496 e. The smallest absolute Gasteiger partial charge is 0.176 e. The summed E-state index contributed by atoms with van der Waals surface area (Å²) in [7, 11) is 1.59. The van der Waals surface area contributed by atoms with Crippen molar-refractivity contribution in [3.63, 3.8) is 0 Å². The van der Waals surface area contributed by atoms with Gasteiger partial charge in [-0.15, -0.1) is 0 Å². The fraction of sp³-hybridized carbons (Fsp3) is 0.462. The van der Waals surface area contributed by atoms with Gasteiger partial charge >= 0.3 is 0 Å². The predicted molar refractivity (Wildman–Crippen MR) is 69.7 cm³/mol. The molecule has 0 spiro atoms. The maximum Gasteiger partial charge on any atom is 0.176 e. The highest BCUT2D eigenvalue weighted by Gasteiger charge is 2.12. The van der Waals surface area contributed by atoms with Gasteiger partial charge in [0.05, 0.1) is 18.4 Å². The Labute approximate surface area is 101 Å². The fourth-order valence-electron chi connectivity index (χ4n) is 1.36. The second kappa shape index (κ2) is 5.94. The van der Waals surface area contributed by atoms with Crippen LogP contribution in [0.5, 0.6) is 5.75 Å². The highest BCUT2D eigenvalue weighted by atomic mass is 32.2. The molecule has 1 aromatic carbocycles. The molecule has 0 saturated carbocycles. The summed E-state index contributed by atoms with van der Waals surface area (Å²) < 4.78 is 5.20. The number of carbonyl (C=O) groups is 1. The lowest BCUT2D eigenvalue weighted by Gasteiger charge is -2.09. The summed E-state index contributed by atoms with van der Waals surface area (Å²) in [4.78, 5) is 12.0. The van der Waals surface area contributed by atoms with Crippen LogP contribution in [0.3, 0.4) is 0 Å². The first-order valence-electron chi connectivity index (χ1n) is 5.34. The van der Waals surface area contributed by atoms with E-state index >= 15 is 0 Å². The minimum atomic E-state index is 0.138. The van der Waals surface area contributed by atoms with E-state index in [9.17, 15) is 4.79 Å². The standard InChI is InChI=1S/C13H18O2S/c1-9(2)16-8-12(14)11-7-10(3)5-6-13(11)15-4/h5-7,9H,8H2,1-4H3. The second-order valence-electron chi connectivity index (χ2n) is 3.99. The fourth-order valence-corrected chi connectivity index (χ4v) is 2.00. The van der Waals surface area contributed by atoms with Crippen molar-refractivity contribution in [2.75, 3.05) is 12.9 Å². The van der Waals surface area contributed by atoms with E-state index in [1.165, 1.54) is 0 Å². The van der Waals surface area contributed by atoms with Crippen LogP contribution in [0.15, 0.2) is 18.2 Å². The molecule has 1 rings (SSSR count). The van der Waals surface area contributed by atoms with Crippen molar-refractivity contribution < 1.29 is 9.53 Å². The minimum absolute atomic E-state index is 0.138. The van der Waals surface area contributed by atoms with Crippen LogP contribution in [0.25, 0.3) is 0 Å². The van der Waals surface area contributed by atoms with Crippen LogP contribution < -0.4 is 4.74 Å². The van der Waals surface area contributed by atoms with Gasteiger partial charge in [-0.25, -0.2) is 0 Å². The number of rotatable bonds is 5. The quantitative estimate of drug-likeness (QED) is 0.736. The molecule has 0 bridgehead atoms. The Morgan fingerprint density at radius 2 is 2.12 bits per heavy atom. The number of hydrogen-bond acceptors (Lipinski definition) is 3. The zero-order chi connectivity index (χ0) is 12.1. The first-order chi connectivity index (χ1) is 7.54. The first kappa shape index (κ1) is 13.1. The number of methoxy groups -OCH3 is 1. The molecule has 0 aliphatic heterocycles. The molecule has 0 aromatic heterocycles. The molecule has 0 amide bonds. The third kappa shape index (κ3) is 3.56. The number of ether oxygens (including phenoxy) is 1. The SMILES string of the molecule is COc1ccc(C)cc1C(=O)CSC(C)C. The van der Waals surface area contributed by atoms with Crippen molar-refractivity contribution in [3.05, 3.63) is 29.3 Å². The molecule has 88 valence electrons. The summed E-state index contributed by atoms with van der Waals surface area (Å²) in [6.45, 7) is 6.16. The van der Waals surface area contributed by atoms with E-state index in [0.29, 0.717) is 22.3 Å². The summed E-state index contributed by atoms with van der Waals surface area (Å²) in [5.41, 5.74) is 1.77. The van der Waals surface area contributed by atoms with Gasteiger partial charge in [-0.3, -0.25) is 4.79 Å². The van der Waals surface area contributed by atoms with Crippen molar-refractivity contribution in [3.8, 4) is 5.75 Å². The van der Waals surface area contributed by atoms with Gasteiger partial charge in [-0.05, 0) is 24.3 Å². The number of hydrogen-bond donors (Lipinski definition) is 0. The molecule has 2 nitrogen and oxygen atoms in total. The summed E-state index contributed by atoms with van der Waals surface area (Å²) >= 11 is 1.65. The van der Waals surface area contributed by atoms with E-state index in [1.54, 1.807) is 18.9 Å². The van der Waals surface area contributed by atoms with Crippen molar-refractivity contribution in [1.82, 2.24) is 0 Å². The zero-order valence-electron chi connectivity index (χ0n) is 10.2. The topological polar surface area (TPSA) is 26.3 Å². The van der Waals surface area contributed by atoms with Gasteiger partial charge in [-0.2, -0.15) is 11.8 Å². The van der Waals surface area contributed by atoms with Crippen molar-refractivity contribution in [2.45, 2.75) is 26.0 Å². The van der Waals surface area contributed by atoms with Gasteiger partial charge < -0.3 is 4.74 Å². The van der Waals surface area contributed by atoms with Crippen LogP contribution in [0.1, 0.15) is 29.8 Å². The van der Waals surface area contributed by atoms with E-state index in [4.69, 9.17) is 4.74 Å². The highest BCUT2D eigenvalue weighted by Crippen LogP contribution is 2.22. The van der Waals surface area contributed by atoms with Crippen LogP contribution in [0.2, 0.25) is 0 Å². The molecular formula is C13H18O2S. The number of aryl methyl sites for hydroxylation is 1. The van der Waals surface area contributed by atoms with Crippen molar-refractivity contribution >= 4 is 17.5 Å². The molecule has 0 saturated heterocycles. The van der Waals surface area contributed by atoms with Crippen LogP contribution in [-0.2, 0) is 0 Å². The van der Waals surface area contributed by atoms with E-state index in [1.807, 2.05) is 25.1 Å². The minimum Gasteiger partial charge on any atom is -0.496 e. The Kier molecular flexibility index (Phi) is 4.87. The van der Waals surface area contributed by atoms with Crippen LogP contribution in [0, 0.1) is 6.92 Å². The maximum atomic E-state index is 12.0. The Morgan fingerprint density at radius 1 is 1.44 bits per heavy atom. The number of benzene rings is 1. The van der Waals surface area contributed by atoms with E-state index in [2.05, 4.69) is 13.8 Å². The summed E-state index contributed by atoms with van der Waals surface area (Å²) in [5.74, 6) is 1.32. The van der Waals surface area contributed by atoms with Gasteiger partial charge in [0.1, 0.15) is 5.75 Å². The Morgan fingerprint density at radius 3 is 2.69 bits per heavy atom. The summed E-state index contributed by atoms with van der Waals surface area (Å²) in [6.07, 6.45) is 0. The second-order valence-corrected chi connectivity index (χ2v) is 5.55. The molecule has 0 atom stereocenters. The third-order valence-electron chi connectivity index (χ3n) is 2.20. The molecule has 0 unspecified atom stereocenters. The lowest BCUT2D eigenvalue weighted by molar-refractivity contribution is 0.101.